The third kappa shape index (κ3) is 27.9. The molecule has 0 rings (SSSR count). The molecule has 3 N–H and O–H groups in total. The molecule has 232 valence electrons. The summed E-state index contributed by atoms with van der Waals surface area (Å²) in [6.07, 6.45) is 35.2. The van der Waals surface area contributed by atoms with Gasteiger partial charge in [-0.15, -0.1) is 0 Å². The Morgan fingerprint density at radius 1 is 0.650 bits per heavy atom. The largest absolute Gasteiger partial charge is 0.387 e. The predicted molar refractivity (Wildman–Crippen MR) is 170 cm³/mol. The van der Waals surface area contributed by atoms with Gasteiger partial charge in [0.2, 0.25) is 5.91 Å². The highest BCUT2D eigenvalue weighted by Gasteiger charge is 2.24. The molecule has 0 saturated heterocycles. The lowest BCUT2D eigenvalue weighted by Gasteiger charge is -2.21. The zero-order chi connectivity index (χ0) is 29.7. The minimum absolute atomic E-state index is 0.272. The minimum atomic E-state index is -4.35. The van der Waals surface area contributed by atoms with Crippen molar-refractivity contribution in [1.82, 2.24) is 5.32 Å². The maximum absolute atomic E-state index is 12.4. The average molecular weight is 582 g/mol. The molecule has 6 nitrogen and oxygen atoms in total. The predicted octanol–water partition coefficient (Wildman–Crippen LogP) is 8.40. The highest BCUT2D eigenvalue weighted by Crippen LogP contribution is 2.10. The number of unbranched alkanes of at least 4 members (excludes halogenated alkanes) is 13. The van der Waals surface area contributed by atoms with Crippen molar-refractivity contribution >= 4 is 16.0 Å². The Morgan fingerprint density at radius 3 is 1.57 bits per heavy atom. The Labute approximate surface area is 246 Å². The molecule has 1 amide bonds. The first-order valence-corrected chi connectivity index (χ1v) is 17.4. The third-order valence-electron chi connectivity index (χ3n) is 6.71. The first-order chi connectivity index (χ1) is 19.3. The van der Waals surface area contributed by atoms with E-state index in [2.05, 4.69) is 55.6 Å². The van der Waals surface area contributed by atoms with Gasteiger partial charge < -0.3 is 10.4 Å². The van der Waals surface area contributed by atoms with Crippen LogP contribution in [-0.2, 0) is 14.9 Å². The van der Waals surface area contributed by atoms with Gasteiger partial charge in [0.05, 0.1) is 17.9 Å². The second kappa shape index (κ2) is 27.5. The highest BCUT2D eigenvalue weighted by atomic mass is 32.2. The summed E-state index contributed by atoms with van der Waals surface area (Å²) in [6, 6.07) is -1.08. The third-order valence-corrected chi connectivity index (χ3v) is 7.49. The number of nitrogens with one attached hydrogen (secondary N) is 1. The number of allylic oxidation sites excluding steroid dienone is 7. The van der Waals surface area contributed by atoms with Crippen LogP contribution in [0.25, 0.3) is 0 Å². The van der Waals surface area contributed by atoms with Crippen LogP contribution in [0.5, 0.6) is 0 Å². The van der Waals surface area contributed by atoms with E-state index in [1.165, 1.54) is 51.0 Å². The molecule has 7 heteroatoms. The summed E-state index contributed by atoms with van der Waals surface area (Å²) in [7, 11) is -4.35. The molecule has 0 radical (unpaired) electrons. The maximum Gasteiger partial charge on any atom is 0.267 e. The van der Waals surface area contributed by atoms with Crippen LogP contribution in [0.2, 0.25) is 0 Å². The van der Waals surface area contributed by atoms with Gasteiger partial charge >= 0.3 is 0 Å². The topological polar surface area (TPSA) is 104 Å². The fourth-order valence-corrected chi connectivity index (χ4v) is 5.03. The van der Waals surface area contributed by atoms with E-state index < -0.39 is 28.0 Å². The summed E-state index contributed by atoms with van der Waals surface area (Å²) in [5, 5.41) is 13.1. The standard InChI is InChI=1S/C33H59NO5S/c1-3-5-7-9-11-13-15-17-18-20-22-24-26-28-32(35)31(30-40(37,38)39)34-33(36)29-27-25-23-21-19-16-14-12-10-8-6-4-2/h11-14,18,20,26,28,31-32,35H,3-10,15-17,19,21-25,27,29-30H2,1-2H3,(H,34,36)(H,37,38,39)/b13-11+,14-12-,20-18+,28-26+. The molecule has 0 aromatic heterocycles. The molecule has 2 atom stereocenters. The lowest BCUT2D eigenvalue weighted by Crippen LogP contribution is -2.46. The SMILES string of the molecule is CCCCC/C=C\CCCCCCCC(=O)NC(CS(=O)(=O)O)C(O)/C=C/CC/C=C/CC/C=C/CCCCC. The van der Waals surface area contributed by atoms with Gasteiger partial charge in [-0.05, 0) is 70.6 Å². The Balaban J connectivity index is 4.20. The second-order valence-electron chi connectivity index (χ2n) is 10.7. The average Bonchev–Trinajstić information content (AvgIpc) is 2.90. The van der Waals surface area contributed by atoms with Gasteiger partial charge in [-0.25, -0.2) is 0 Å². The molecule has 0 saturated carbocycles. The quantitative estimate of drug-likeness (QED) is 0.0513. The molecule has 0 aromatic rings. The zero-order valence-corrected chi connectivity index (χ0v) is 26.3. The Hall–Kier alpha value is -1.70. The normalized spacial score (nSPS) is 14.2. The fourth-order valence-electron chi connectivity index (χ4n) is 4.30. The summed E-state index contributed by atoms with van der Waals surface area (Å²) in [6.45, 7) is 4.42. The molecule has 40 heavy (non-hydrogen) atoms. The molecule has 0 bridgehead atoms. The number of rotatable bonds is 27. The van der Waals surface area contributed by atoms with E-state index in [0.29, 0.717) is 12.8 Å². The van der Waals surface area contributed by atoms with Gasteiger partial charge in [-0.1, -0.05) is 107 Å². The molecule has 0 fully saturated rings. The number of carbonyl (C=O) groups is 1. The van der Waals surface area contributed by atoms with Gasteiger partial charge in [0.25, 0.3) is 10.1 Å². The van der Waals surface area contributed by atoms with E-state index in [4.69, 9.17) is 0 Å². The molecule has 0 aliphatic heterocycles. The van der Waals surface area contributed by atoms with E-state index in [9.17, 15) is 22.9 Å². The minimum Gasteiger partial charge on any atom is -0.387 e. The summed E-state index contributed by atoms with van der Waals surface area (Å²) < 4.78 is 32.2. The molecule has 0 aliphatic carbocycles. The van der Waals surface area contributed by atoms with Gasteiger partial charge in [0.1, 0.15) is 0 Å². The van der Waals surface area contributed by atoms with Crippen LogP contribution in [-0.4, -0.2) is 41.9 Å². The lowest BCUT2D eigenvalue weighted by molar-refractivity contribution is -0.122. The highest BCUT2D eigenvalue weighted by molar-refractivity contribution is 7.85. The van der Waals surface area contributed by atoms with Crippen molar-refractivity contribution in [1.29, 1.82) is 0 Å². The van der Waals surface area contributed by atoms with Crippen molar-refractivity contribution in [2.75, 3.05) is 5.75 Å². The monoisotopic (exact) mass is 581 g/mol. The Kier molecular flexibility index (Phi) is 26.3. The van der Waals surface area contributed by atoms with Gasteiger partial charge in [-0.2, -0.15) is 8.42 Å². The van der Waals surface area contributed by atoms with Crippen molar-refractivity contribution < 1.29 is 22.9 Å². The van der Waals surface area contributed by atoms with Gasteiger partial charge in [0, 0.05) is 6.42 Å². The molecular weight excluding hydrogens is 522 g/mol. The molecule has 0 aromatic carbocycles. The van der Waals surface area contributed by atoms with Crippen molar-refractivity contribution in [2.24, 2.45) is 0 Å². The number of hydrogen-bond donors (Lipinski definition) is 3. The van der Waals surface area contributed by atoms with E-state index >= 15 is 0 Å². The van der Waals surface area contributed by atoms with E-state index in [0.717, 1.165) is 57.8 Å². The van der Waals surface area contributed by atoms with Crippen LogP contribution in [0.15, 0.2) is 48.6 Å². The van der Waals surface area contributed by atoms with Crippen molar-refractivity contribution in [3.05, 3.63) is 48.6 Å². The maximum atomic E-state index is 12.4. The number of carbonyl (C=O) groups excluding carboxylic acids is 1. The van der Waals surface area contributed by atoms with Crippen LogP contribution >= 0.6 is 0 Å². The first kappa shape index (κ1) is 38.3. The van der Waals surface area contributed by atoms with E-state index in [1.807, 2.05) is 0 Å². The Morgan fingerprint density at radius 2 is 1.07 bits per heavy atom. The Bertz CT molecular complexity index is 817. The first-order valence-electron chi connectivity index (χ1n) is 15.8. The van der Waals surface area contributed by atoms with Crippen molar-refractivity contribution in [3.8, 4) is 0 Å². The van der Waals surface area contributed by atoms with Crippen LogP contribution in [0.1, 0.15) is 136 Å². The zero-order valence-electron chi connectivity index (χ0n) is 25.4. The smallest absolute Gasteiger partial charge is 0.267 e. The van der Waals surface area contributed by atoms with E-state index in [-0.39, 0.29) is 12.3 Å². The number of aliphatic hydroxyl groups excluding tert-OH is 1. The summed E-state index contributed by atoms with van der Waals surface area (Å²) in [4.78, 5) is 12.4. The number of aliphatic hydroxyl groups is 1. The molecule has 0 spiro atoms. The van der Waals surface area contributed by atoms with Crippen LogP contribution in [0.4, 0.5) is 0 Å². The van der Waals surface area contributed by atoms with Crippen molar-refractivity contribution in [3.63, 3.8) is 0 Å². The van der Waals surface area contributed by atoms with E-state index in [1.54, 1.807) is 6.08 Å². The van der Waals surface area contributed by atoms with Crippen LogP contribution < -0.4 is 5.32 Å². The number of hydrogen-bond acceptors (Lipinski definition) is 4. The second-order valence-corrected chi connectivity index (χ2v) is 12.2. The van der Waals surface area contributed by atoms with Gasteiger partial charge in [-0.3, -0.25) is 9.35 Å². The fraction of sp³-hybridized carbons (Fsp3) is 0.727. The van der Waals surface area contributed by atoms with Crippen LogP contribution in [0.3, 0.4) is 0 Å². The van der Waals surface area contributed by atoms with Crippen molar-refractivity contribution in [2.45, 2.75) is 148 Å². The summed E-state index contributed by atoms with van der Waals surface area (Å²) in [5.74, 6) is -1.03. The molecule has 2 unspecified atom stereocenters. The molecular formula is C33H59NO5S. The number of amides is 1. The summed E-state index contributed by atoms with van der Waals surface area (Å²) in [5.41, 5.74) is 0. The summed E-state index contributed by atoms with van der Waals surface area (Å²) >= 11 is 0. The molecule has 0 heterocycles. The lowest BCUT2D eigenvalue weighted by atomic mass is 10.1. The van der Waals surface area contributed by atoms with Gasteiger partial charge in [0.15, 0.2) is 0 Å². The van der Waals surface area contributed by atoms with Crippen LogP contribution in [0, 0.1) is 0 Å². The molecule has 0 aliphatic rings.